The smallest absolute Gasteiger partial charge is 0.0827 e. The monoisotopic (exact) mass is 252 g/mol. The van der Waals surface area contributed by atoms with E-state index in [1.54, 1.807) is 0 Å². The second kappa shape index (κ2) is 6.36. The SMILES string of the molecule is C1CCCC(NCC2CN3CCCC3CO2)CC1. The molecule has 2 aliphatic heterocycles. The van der Waals surface area contributed by atoms with Crippen LogP contribution in [-0.4, -0.2) is 49.3 Å². The number of rotatable bonds is 3. The van der Waals surface area contributed by atoms with Gasteiger partial charge in [0.1, 0.15) is 0 Å². The minimum absolute atomic E-state index is 0.433. The lowest BCUT2D eigenvalue weighted by Crippen LogP contribution is -2.50. The molecule has 18 heavy (non-hydrogen) atoms. The second-order valence-corrected chi connectivity index (χ2v) is 6.34. The summed E-state index contributed by atoms with van der Waals surface area (Å²) in [6.07, 6.45) is 11.6. The minimum Gasteiger partial charge on any atom is -0.374 e. The molecule has 1 N–H and O–H groups in total. The maximum absolute atomic E-state index is 6.01. The van der Waals surface area contributed by atoms with Crippen LogP contribution in [0.5, 0.6) is 0 Å². The Bertz CT molecular complexity index is 251. The van der Waals surface area contributed by atoms with E-state index in [2.05, 4.69) is 10.2 Å². The van der Waals surface area contributed by atoms with Gasteiger partial charge < -0.3 is 10.1 Å². The molecule has 3 heteroatoms. The first kappa shape index (κ1) is 12.9. The van der Waals surface area contributed by atoms with Crippen molar-refractivity contribution in [3.8, 4) is 0 Å². The Morgan fingerprint density at radius 3 is 2.67 bits per heavy atom. The van der Waals surface area contributed by atoms with Crippen LogP contribution < -0.4 is 5.32 Å². The van der Waals surface area contributed by atoms with Crippen LogP contribution >= 0.6 is 0 Å². The summed E-state index contributed by atoms with van der Waals surface area (Å²) >= 11 is 0. The van der Waals surface area contributed by atoms with E-state index in [0.29, 0.717) is 6.10 Å². The molecule has 0 amide bonds. The summed E-state index contributed by atoms with van der Waals surface area (Å²) in [6.45, 7) is 4.49. The van der Waals surface area contributed by atoms with Crippen molar-refractivity contribution < 1.29 is 4.74 Å². The molecule has 0 aromatic carbocycles. The van der Waals surface area contributed by atoms with E-state index < -0.39 is 0 Å². The van der Waals surface area contributed by atoms with Gasteiger partial charge in [-0.3, -0.25) is 4.90 Å². The van der Waals surface area contributed by atoms with Gasteiger partial charge in [-0.2, -0.15) is 0 Å². The average molecular weight is 252 g/mol. The first-order valence-corrected chi connectivity index (χ1v) is 8.01. The molecule has 3 aliphatic rings. The van der Waals surface area contributed by atoms with E-state index in [0.717, 1.165) is 31.8 Å². The van der Waals surface area contributed by atoms with E-state index in [-0.39, 0.29) is 0 Å². The standard InChI is InChI=1S/C15H28N2O/c1-2-4-7-13(6-3-1)16-10-15-11-17-9-5-8-14(17)12-18-15/h13-16H,1-12H2. The number of hydrogen-bond donors (Lipinski definition) is 1. The lowest BCUT2D eigenvalue weighted by Gasteiger charge is -2.36. The Labute approximate surface area is 111 Å². The van der Waals surface area contributed by atoms with Crippen molar-refractivity contribution in [1.82, 2.24) is 10.2 Å². The van der Waals surface area contributed by atoms with E-state index in [1.165, 1.54) is 57.9 Å². The van der Waals surface area contributed by atoms with Gasteiger partial charge in [0.25, 0.3) is 0 Å². The van der Waals surface area contributed by atoms with Crippen molar-refractivity contribution in [1.29, 1.82) is 0 Å². The quantitative estimate of drug-likeness (QED) is 0.779. The molecular weight excluding hydrogens is 224 g/mol. The Morgan fingerprint density at radius 2 is 1.83 bits per heavy atom. The molecule has 104 valence electrons. The molecule has 2 saturated heterocycles. The molecule has 1 saturated carbocycles. The molecule has 0 aromatic heterocycles. The fourth-order valence-corrected chi connectivity index (χ4v) is 3.79. The van der Waals surface area contributed by atoms with Gasteiger partial charge in [-0.25, -0.2) is 0 Å². The largest absolute Gasteiger partial charge is 0.374 e. The van der Waals surface area contributed by atoms with Gasteiger partial charge in [-0.05, 0) is 32.2 Å². The summed E-state index contributed by atoms with van der Waals surface area (Å²) < 4.78 is 6.01. The van der Waals surface area contributed by atoms with E-state index in [4.69, 9.17) is 4.74 Å². The molecule has 2 atom stereocenters. The van der Waals surface area contributed by atoms with Crippen molar-refractivity contribution in [2.24, 2.45) is 0 Å². The fourth-order valence-electron chi connectivity index (χ4n) is 3.79. The van der Waals surface area contributed by atoms with Gasteiger partial charge in [0.2, 0.25) is 0 Å². The van der Waals surface area contributed by atoms with E-state index in [1.807, 2.05) is 0 Å². The highest BCUT2D eigenvalue weighted by molar-refractivity contribution is 4.86. The zero-order chi connectivity index (χ0) is 12.2. The van der Waals surface area contributed by atoms with Crippen molar-refractivity contribution in [2.45, 2.75) is 69.6 Å². The van der Waals surface area contributed by atoms with Crippen molar-refractivity contribution in [3.05, 3.63) is 0 Å². The second-order valence-electron chi connectivity index (χ2n) is 6.34. The van der Waals surface area contributed by atoms with Crippen molar-refractivity contribution in [2.75, 3.05) is 26.2 Å². The summed E-state index contributed by atoms with van der Waals surface area (Å²) in [5.74, 6) is 0. The number of nitrogens with zero attached hydrogens (tertiary/aromatic N) is 1. The third-order valence-corrected chi connectivity index (χ3v) is 4.95. The maximum Gasteiger partial charge on any atom is 0.0827 e. The third kappa shape index (κ3) is 3.25. The molecular formula is C15H28N2O. The zero-order valence-corrected chi connectivity index (χ0v) is 11.6. The van der Waals surface area contributed by atoms with Crippen LogP contribution in [0.4, 0.5) is 0 Å². The van der Waals surface area contributed by atoms with Crippen LogP contribution in [0.1, 0.15) is 51.4 Å². The molecule has 2 heterocycles. The van der Waals surface area contributed by atoms with Gasteiger partial charge in [0, 0.05) is 25.2 Å². The van der Waals surface area contributed by atoms with Crippen LogP contribution in [-0.2, 0) is 4.74 Å². The molecule has 1 aliphatic carbocycles. The summed E-state index contributed by atoms with van der Waals surface area (Å²) in [6, 6.07) is 1.49. The highest BCUT2D eigenvalue weighted by Crippen LogP contribution is 2.23. The average Bonchev–Trinajstić information content (AvgIpc) is 2.70. The Balaban J connectivity index is 1.40. The molecule has 0 aromatic rings. The molecule has 0 spiro atoms. The Hall–Kier alpha value is -0.120. The number of fused-ring (bicyclic) bond motifs is 1. The molecule has 3 rings (SSSR count). The third-order valence-electron chi connectivity index (χ3n) is 4.95. The first-order valence-electron chi connectivity index (χ1n) is 8.01. The summed E-state index contributed by atoms with van der Waals surface area (Å²) in [5, 5.41) is 3.76. The molecule has 3 fully saturated rings. The summed E-state index contributed by atoms with van der Waals surface area (Å²) in [7, 11) is 0. The van der Waals surface area contributed by atoms with Crippen LogP contribution in [0.25, 0.3) is 0 Å². The predicted molar refractivity (Wildman–Crippen MR) is 73.8 cm³/mol. The molecule has 3 nitrogen and oxygen atoms in total. The Morgan fingerprint density at radius 1 is 1.00 bits per heavy atom. The topological polar surface area (TPSA) is 24.5 Å². The molecule has 0 radical (unpaired) electrons. The van der Waals surface area contributed by atoms with Gasteiger partial charge in [0.15, 0.2) is 0 Å². The van der Waals surface area contributed by atoms with Crippen LogP contribution in [0.15, 0.2) is 0 Å². The highest BCUT2D eigenvalue weighted by Gasteiger charge is 2.32. The van der Waals surface area contributed by atoms with Crippen molar-refractivity contribution >= 4 is 0 Å². The van der Waals surface area contributed by atoms with Gasteiger partial charge in [-0.15, -0.1) is 0 Å². The van der Waals surface area contributed by atoms with E-state index in [9.17, 15) is 0 Å². The zero-order valence-electron chi connectivity index (χ0n) is 11.6. The number of ether oxygens (including phenoxy) is 1. The van der Waals surface area contributed by atoms with Crippen molar-refractivity contribution in [3.63, 3.8) is 0 Å². The van der Waals surface area contributed by atoms with Crippen LogP contribution in [0.2, 0.25) is 0 Å². The Kier molecular flexibility index (Phi) is 4.55. The van der Waals surface area contributed by atoms with Gasteiger partial charge in [0.05, 0.1) is 12.7 Å². The fraction of sp³-hybridized carbons (Fsp3) is 1.00. The van der Waals surface area contributed by atoms with Gasteiger partial charge >= 0.3 is 0 Å². The number of hydrogen-bond acceptors (Lipinski definition) is 3. The number of morpholine rings is 1. The first-order chi connectivity index (χ1) is 8.92. The summed E-state index contributed by atoms with van der Waals surface area (Å²) in [5.41, 5.74) is 0. The number of nitrogens with one attached hydrogen (secondary N) is 1. The predicted octanol–water partition coefficient (Wildman–Crippen LogP) is 2.16. The minimum atomic E-state index is 0.433. The highest BCUT2D eigenvalue weighted by atomic mass is 16.5. The van der Waals surface area contributed by atoms with Crippen LogP contribution in [0, 0.1) is 0 Å². The van der Waals surface area contributed by atoms with Crippen LogP contribution in [0.3, 0.4) is 0 Å². The molecule has 0 bridgehead atoms. The lowest BCUT2D eigenvalue weighted by atomic mass is 10.1. The maximum atomic E-state index is 6.01. The lowest BCUT2D eigenvalue weighted by molar-refractivity contribution is -0.0479. The van der Waals surface area contributed by atoms with E-state index >= 15 is 0 Å². The summed E-state index contributed by atoms with van der Waals surface area (Å²) in [4.78, 5) is 2.64. The van der Waals surface area contributed by atoms with Gasteiger partial charge in [-0.1, -0.05) is 25.7 Å². The molecule has 2 unspecified atom stereocenters. The normalized spacial score (nSPS) is 35.3.